The van der Waals surface area contributed by atoms with Crippen LogP contribution in [0.3, 0.4) is 0 Å². The summed E-state index contributed by atoms with van der Waals surface area (Å²) in [5.41, 5.74) is 6.77. The summed E-state index contributed by atoms with van der Waals surface area (Å²) >= 11 is 0. The molecule has 3 N–H and O–H groups in total. The van der Waals surface area contributed by atoms with E-state index < -0.39 is 0 Å². The minimum Gasteiger partial charge on any atom is -0.494 e. The van der Waals surface area contributed by atoms with E-state index in [1.807, 2.05) is 31.2 Å². The Hall–Kier alpha value is -2.32. The quantitative estimate of drug-likeness (QED) is 0.853. The number of nitrogens with two attached hydrogens (primary N) is 1. The van der Waals surface area contributed by atoms with Gasteiger partial charge in [0.25, 0.3) is 0 Å². The van der Waals surface area contributed by atoms with Crippen molar-refractivity contribution in [3.63, 3.8) is 0 Å². The number of nitriles is 1. The van der Waals surface area contributed by atoms with Gasteiger partial charge in [0.2, 0.25) is 0 Å². The van der Waals surface area contributed by atoms with E-state index in [-0.39, 0.29) is 0 Å². The maximum Gasteiger partial charge on any atom is 0.144 e. The van der Waals surface area contributed by atoms with Crippen LogP contribution >= 0.6 is 0 Å². The minimum atomic E-state index is 0.494. The van der Waals surface area contributed by atoms with Crippen molar-refractivity contribution in [1.29, 1.82) is 5.26 Å². The molecule has 5 heteroatoms. The fraction of sp³-hybridized carbons (Fsp3) is 0.286. The number of benzene rings is 1. The Kier molecular flexibility index (Phi) is 4.16. The van der Waals surface area contributed by atoms with Crippen molar-refractivity contribution in [3.8, 4) is 11.8 Å². The number of nitrogens with one attached hydrogen (secondary N) is 1. The number of hydrogen-bond donors (Lipinski definition) is 2. The van der Waals surface area contributed by atoms with Gasteiger partial charge in [-0.2, -0.15) is 5.26 Å². The average molecular weight is 256 g/mol. The second kappa shape index (κ2) is 6.03. The van der Waals surface area contributed by atoms with E-state index in [1.165, 1.54) is 0 Å². The molecule has 0 aliphatic carbocycles. The van der Waals surface area contributed by atoms with Gasteiger partial charge in [0.05, 0.1) is 17.7 Å². The van der Waals surface area contributed by atoms with E-state index >= 15 is 0 Å². The highest BCUT2D eigenvalue weighted by Gasteiger charge is 2.07. The lowest BCUT2D eigenvalue weighted by molar-refractivity contribution is 0.340. The Morgan fingerprint density at radius 1 is 1.42 bits per heavy atom. The second-order valence-electron chi connectivity index (χ2n) is 4.00. The van der Waals surface area contributed by atoms with Crippen LogP contribution in [-0.2, 0) is 0 Å². The van der Waals surface area contributed by atoms with E-state index in [0.29, 0.717) is 31.1 Å². The Bertz CT molecular complexity index is 619. The fourth-order valence-electron chi connectivity index (χ4n) is 1.82. The van der Waals surface area contributed by atoms with Crippen LogP contribution in [0.15, 0.2) is 24.3 Å². The van der Waals surface area contributed by atoms with E-state index in [4.69, 9.17) is 15.7 Å². The van der Waals surface area contributed by atoms with Crippen LogP contribution in [-0.4, -0.2) is 24.7 Å². The molecule has 2 aromatic rings. The number of nitrogens with zero attached hydrogens (tertiary/aromatic N) is 2. The first-order valence-electron chi connectivity index (χ1n) is 6.20. The number of rotatable bonds is 5. The predicted molar refractivity (Wildman–Crippen MR) is 75.2 cm³/mol. The maximum atomic E-state index is 9.16. The van der Waals surface area contributed by atoms with Crippen molar-refractivity contribution in [2.75, 3.05) is 25.0 Å². The zero-order valence-electron chi connectivity index (χ0n) is 10.8. The second-order valence-corrected chi connectivity index (χ2v) is 4.00. The smallest absolute Gasteiger partial charge is 0.144 e. The highest BCUT2D eigenvalue weighted by molar-refractivity contribution is 5.84. The maximum absolute atomic E-state index is 9.16. The van der Waals surface area contributed by atoms with Crippen LogP contribution < -0.4 is 15.8 Å². The zero-order chi connectivity index (χ0) is 13.7. The van der Waals surface area contributed by atoms with Gasteiger partial charge in [-0.25, -0.2) is 4.98 Å². The molecule has 0 fully saturated rings. The molecule has 0 bridgehead atoms. The third-order valence-electron chi connectivity index (χ3n) is 2.65. The normalized spacial score (nSPS) is 10.2. The van der Waals surface area contributed by atoms with Gasteiger partial charge < -0.3 is 15.8 Å². The minimum absolute atomic E-state index is 0.494. The summed E-state index contributed by atoms with van der Waals surface area (Å²) in [5.74, 6) is 1.35. The topological polar surface area (TPSA) is 84.0 Å². The van der Waals surface area contributed by atoms with E-state index in [2.05, 4.69) is 16.4 Å². The van der Waals surface area contributed by atoms with Gasteiger partial charge in [-0.05, 0) is 31.2 Å². The fourth-order valence-corrected chi connectivity index (χ4v) is 1.82. The third kappa shape index (κ3) is 2.92. The SMILES string of the molecule is CCOc1ccc2nc(NCCN)c(C#N)cc2c1. The molecule has 98 valence electrons. The Morgan fingerprint density at radius 3 is 2.95 bits per heavy atom. The lowest BCUT2D eigenvalue weighted by atomic mass is 10.1. The Labute approximate surface area is 112 Å². The molecule has 1 heterocycles. The van der Waals surface area contributed by atoms with Gasteiger partial charge >= 0.3 is 0 Å². The number of aromatic nitrogens is 1. The summed E-state index contributed by atoms with van der Waals surface area (Å²) in [6, 6.07) is 9.60. The molecule has 19 heavy (non-hydrogen) atoms. The molecule has 0 saturated carbocycles. The van der Waals surface area contributed by atoms with Crippen molar-refractivity contribution in [1.82, 2.24) is 4.98 Å². The summed E-state index contributed by atoms with van der Waals surface area (Å²) < 4.78 is 5.44. The van der Waals surface area contributed by atoms with Crippen molar-refractivity contribution in [3.05, 3.63) is 29.8 Å². The van der Waals surface area contributed by atoms with Crippen LogP contribution in [0.2, 0.25) is 0 Å². The summed E-state index contributed by atoms with van der Waals surface area (Å²) in [4.78, 5) is 4.44. The molecule has 0 atom stereocenters. The molecular weight excluding hydrogens is 240 g/mol. The number of pyridine rings is 1. The summed E-state index contributed by atoms with van der Waals surface area (Å²) in [7, 11) is 0. The number of ether oxygens (including phenoxy) is 1. The van der Waals surface area contributed by atoms with Gasteiger partial charge in [0, 0.05) is 18.5 Å². The highest BCUT2D eigenvalue weighted by Crippen LogP contribution is 2.24. The van der Waals surface area contributed by atoms with E-state index in [1.54, 1.807) is 0 Å². The molecule has 0 unspecified atom stereocenters. The molecule has 0 amide bonds. The lowest BCUT2D eigenvalue weighted by Crippen LogP contribution is -2.14. The molecule has 1 aromatic carbocycles. The highest BCUT2D eigenvalue weighted by atomic mass is 16.5. The van der Waals surface area contributed by atoms with Gasteiger partial charge in [-0.1, -0.05) is 0 Å². The Balaban J connectivity index is 2.45. The number of anilines is 1. The first-order chi connectivity index (χ1) is 9.28. The first kappa shape index (κ1) is 13.1. The van der Waals surface area contributed by atoms with Crippen molar-refractivity contribution in [2.24, 2.45) is 5.73 Å². The summed E-state index contributed by atoms with van der Waals surface area (Å²) in [6.45, 7) is 3.63. The van der Waals surface area contributed by atoms with Crippen LogP contribution in [0, 0.1) is 11.3 Å². The zero-order valence-corrected chi connectivity index (χ0v) is 10.8. The first-order valence-corrected chi connectivity index (χ1v) is 6.20. The molecule has 0 aliphatic rings. The molecule has 0 radical (unpaired) electrons. The predicted octanol–water partition coefficient (Wildman–Crippen LogP) is 1.88. The summed E-state index contributed by atoms with van der Waals surface area (Å²) in [5, 5.41) is 13.1. The van der Waals surface area contributed by atoms with Gasteiger partial charge in [-0.3, -0.25) is 0 Å². The summed E-state index contributed by atoms with van der Waals surface area (Å²) in [6.07, 6.45) is 0. The standard InChI is InChI=1S/C14H16N4O/c1-2-19-12-3-4-13-10(8-12)7-11(9-16)14(18-13)17-6-5-15/h3-4,7-8H,2,5-6,15H2,1H3,(H,17,18). The average Bonchev–Trinajstić information content (AvgIpc) is 2.44. The molecule has 0 spiro atoms. The molecule has 1 aromatic heterocycles. The monoisotopic (exact) mass is 256 g/mol. The van der Waals surface area contributed by atoms with E-state index in [0.717, 1.165) is 16.7 Å². The van der Waals surface area contributed by atoms with Crippen LogP contribution in [0.25, 0.3) is 10.9 Å². The van der Waals surface area contributed by atoms with Crippen molar-refractivity contribution in [2.45, 2.75) is 6.92 Å². The van der Waals surface area contributed by atoms with Crippen LogP contribution in [0.4, 0.5) is 5.82 Å². The molecule has 0 saturated heterocycles. The van der Waals surface area contributed by atoms with Crippen LogP contribution in [0.1, 0.15) is 12.5 Å². The van der Waals surface area contributed by atoms with Gasteiger partial charge in [-0.15, -0.1) is 0 Å². The number of fused-ring (bicyclic) bond motifs is 1. The lowest BCUT2D eigenvalue weighted by Gasteiger charge is -2.09. The van der Waals surface area contributed by atoms with Gasteiger partial charge in [0.1, 0.15) is 17.6 Å². The van der Waals surface area contributed by atoms with Crippen LogP contribution in [0.5, 0.6) is 5.75 Å². The van der Waals surface area contributed by atoms with Crippen molar-refractivity contribution >= 4 is 16.7 Å². The van der Waals surface area contributed by atoms with Gasteiger partial charge in [0.15, 0.2) is 0 Å². The van der Waals surface area contributed by atoms with E-state index in [9.17, 15) is 0 Å². The molecule has 2 rings (SSSR count). The Morgan fingerprint density at radius 2 is 2.26 bits per heavy atom. The largest absolute Gasteiger partial charge is 0.494 e. The molecule has 5 nitrogen and oxygen atoms in total. The third-order valence-corrected chi connectivity index (χ3v) is 2.65. The molecule has 0 aliphatic heterocycles. The molecular formula is C14H16N4O. The van der Waals surface area contributed by atoms with Crippen molar-refractivity contribution < 1.29 is 4.74 Å². The number of hydrogen-bond acceptors (Lipinski definition) is 5.